The van der Waals surface area contributed by atoms with Crippen LogP contribution in [0.25, 0.3) is 0 Å². The van der Waals surface area contributed by atoms with Gasteiger partial charge >= 0.3 is 83.2 Å². The van der Waals surface area contributed by atoms with Gasteiger partial charge in [-0.2, -0.15) is 0 Å². The van der Waals surface area contributed by atoms with Crippen molar-refractivity contribution in [2.45, 2.75) is 0 Å². The molecule has 0 aromatic rings. The topological polar surface area (TPSA) is 692 Å². The van der Waals surface area contributed by atoms with Gasteiger partial charge in [-0.1, -0.05) is 0 Å². The molecule has 242 valence electrons. The van der Waals surface area contributed by atoms with Crippen molar-refractivity contribution in [1.82, 2.24) is 0 Å². The molecule has 0 aliphatic heterocycles. The minimum atomic E-state index is -2.92. The molecule has 0 fully saturated rings. The van der Waals surface area contributed by atoms with E-state index in [2.05, 4.69) is 0 Å². The SMILES string of the molecule is [CsH].[H+].[H+].[H+].[H+].[H+].[H+].[H+].[H+].[H+].[H+].[O-]B([O-])[O-].[O-]B([O-])[O-].[O-]B([O-])[O-].[O-]B([O-])[O-].[O-]B([O-])[O-].[O-]B([O-])[O-].[O-]B([O-])[O-].[O-]B([O-])[O-].[O-]B([O-])[O-].[O-]B([O-])[O-]. The van der Waals surface area contributed by atoms with Gasteiger partial charge in [-0.05, 0) is 0 Å². The smallest absolute Gasteiger partial charge is 0.907 e. The standard InChI is InChI=1S/10BO3.Cs.H/c10*2-1(3)4;;/q10*-3;;/p+10. The summed E-state index contributed by atoms with van der Waals surface area (Å²) in [5, 5.41) is 252. The van der Waals surface area contributed by atoms with Crippen LogP contribution in [0.15, 0.2) is 0 Å². The summed E-state index contributed by atoms with van der Waals surface area (Å²) in [6.45, 7) is 0. The first-order valence-electron chi connectivity index (χ1n) is 7.07. The van der Waals surface area contributed by atoms with Gasteiger partial charge in [0.1, 0.15) is 0 Å². The molecule has 0 rings (SSSR count). The average Bonchev–Trinajstić information content (AvgIpc) is 2.47. The zero-order valence-corrected chi connectivity index (χ0v) is 18.0. The van der Waals surface area contributed by atoms with E-state index in [1.54, 1.807) is 0 Å². The largest absolute Gasteiger partial charge is 1.00 e. The van der Waals surface area contributed by atoms with Gasteiger partial charge in [0.2, 0.25) is 0 Å². The van der Waals surface area contributed by atoms with Gasteiger partial charge in [-0.3, -0.25) is 73.2 Å². The van der Waals surface area contributed by atoms with E-state index in [9.17, 15) is 0 Å². The van der Waals surface area contributed by atoms with Crippen molar-refractivity contribution in [3.8, 4) is 0 Å². The Balaban J connectivity index is -0.0000000101. The molecule has 41 heteroatoms. The second-order valence-electron chi connectivity index (χ2n) is 2.89. The van der Waals surface area contributed by atoms with E-state index in [0.717, 1.165) is 0 Å². The van der Waals surface area contributed by atoms with Crippen molar-refractivity contribution in [3.63, 3.8) is 0 Å². The van der Waals surface area contributed by atoms with Crippen LogP contribution >= 0.6 is 0 Å². The van der Waals surface area contributed by atoms with E-state index in [-0.39, 0.29) is 83.2 Å². The Kier molecular flexibility index (Phi) is 123. The Morgan fingerprint density at radius 2 is 0.146 bits per heavy atom. The molecule has 0 amide bonds. The van der Waals surface area contributed by atoms with Crippen LogP contribution in [-0.2, 0) is 0 Å². The second-order valence-corrected chi connectivity index (χ2v) is 2.89. The first-order valence-corrected chi connectivity index (χ1v) is 7.07. The van der Waals surface area contributed by atoms with Gasteiger partial charge in [0.25, 0.3) is 0 Å². The van der Waals surface area contributed by atoms with Crippen LogP contribution in [0.1, 0.15) is 14.3 Å². The molecule has 0 spiro atoms. The van der Waals surface area contributed by atoms with E-state index in [0.29, 0.717) is 0 Å². The van der Waals surface area contributed by atoms with Crippen LogP contribution in [0.2, 0.25) is 0 Å². The van der Waals surface area contributed by atoms with E-state index in [1.807, 2.05) is 0 Å². The zero-order chi connectivity index (χ0) is 35.8. The number of hydrogen-bond acceptors (Lipinski definition) is 30. The van der Waals surface area contributed by atoms with Crippen molar-refractivity contribution >= 4 is 142 Å². The monoisotopic (exact) mass is 734 g/mol. The summed E-state index contributed by atoms with van der Waals surface area (Å²) in [5.41, 5.74) is 0. The molecule has 0 radical (unpaired) electrons. The summed E-state index contributed by atoms with van der Waals surface area (Å²) in [7, 11) is -29.2. The zero-order valence-electron chi connectivity index (χ0n) is 28.0. The predicted octanol–water partition coefficient (Wildman–Crippen LogP) is -39.0. The van der Waals surface area contributed by atoms with E-state index >= 15 is 0 Å². The Labute approximate surface area is 305 Å². The van der Waals surface area contributed by atoms with Crippen LogP contribution < -0.4 is 151 Å². The second kappa shape index (κ2) is 68.6. The van der Waals surface area contributed by atoms with Crippen molar-refractivity contribution in [2.75, 3.05) is 0 Å². The Bertz CT molecular complexity index is 223. The van der Waals surface area contributed by atoms with E-state index < -0.39 is 73.2 Å². The van der Waals surface area contributed by atoms with Gasteiger partial charge < -0.3 is 151 Å². The van der Waals surface area contributed by atoms with Crippen LogP contribution in [0, 0.1) is 0 Å². The molecule has 0 heterocycles. The summed E-state index contributed by atoms with van der Waals surface area (Å²) in [6, 6.07) is 0. The quantitative estimate of drug-likeness (QED) is 0.209. The van der Waals surface area contributed by atoms with Gasteiger partial charge in [-0.25, -0.2) is 0 Å². The third kappa shape index (κ3) is 28700. The third-order valence-corrected chi connectivity index (χ3v) is 0. The molecular formula is H11B10CsO30-20. The Hall–Kier alpha value is 1.50. The van der Waals surface area contributed by atoms with E-state index in [1.165, 1.54) is 0 Å². The van der Waals surface area contributed by atoms with Gasteiger partial charge in [0.05, 0.1) is 0 Å². The van der Waals surface area contributed by atoms with Gasteiger partial charge in [-0.15, -0.1) is 0 Å². The van der Waals surface area contributed by atoms with Crippen LogP contribution in [-0.4, -0.2) is 142 Å². The first kappa shape index (κ1) is 73.8. The van der Waals surface area contributed by atoms with Crippen molar-refractivity contribution in [1.29, 1.82) is 0 Å². The summed E-state index contributed by atoms with van der Waals surface area (Å²) in [5.74, 6) is 0. The van der Waals surface area contributed by atoms with Crippen LogP contribution in [0.5, 0.6) is 0 Å². The van der Waals surface area contributed by atoms with Crippen LogP contribution in [0.4, 0.5) is 0 Å². The molecule has 0 unspecified atom stereocenters. The minimum Gasteiger partial charge on any atom is -0.907 e. The molecule has 0 aromatic heterocycles. The molecule has 30 nitrogen and oxygen atoms in total. The molecule has 0 N–H and O–H groups in total. The molecule has 0 bridgehead atoms. The molecule has 0 saturated carbocycles. The molecule has 0 saturated heterocycles. The van der Waals surface area contributed by atoms with Gasteiger partial charge in [0.15, 0.2) is 0 Å². The maximum Gasteiger partial charge on any atom is 1.00 e. The normalized spacial score (nSPS) is 6.59. The summed E-state index contributed by atoms with van der Waals surface area (Å²) < 4.78 is 0. The molecule has 41 heavy (non-hydrogen) atoms. The van der Waals surface area contributed by atoms with Crippen LogP contribution in [0.3, 0.4) is 0 Å². The van der Waals surface area contributed by atoms with Crippen molar-refractivity contribution < 1.29 is 165 Å². The maximum atomic E-state index is 8.42. The summed E-state index contributed by atoms with van der Waals surface area (Å²) >= 11 is 0. The fraction of sp³-hybridized carbons (Fsp3) is 0. The Morgan fingerprint density at radius 1 is 0.146 bits per heavy atom. The predicted molar refractivity (Wildman–Crippen MR) is 75.8 cm³/mol. The fourth-order valence-electron chi connectivity index (χ4n) is 0. The number of hydrogen-bond donors (Lipinski definition) is 0. The van der Waals surface area contributed by atoms with Crippen molar-refractivity contribution in [3.05, 3.63) is 0 Å². The number of rotatable bonds is 0. The van der Waals surface area contributed by atoms with Gasteiger partial charge in [0, 0.05) is 0 Å². The molecular weight excluding hydrogens is 721 g/mol. The summed E-state index contributed by atoms with van der Waals surface area (Å²) in [4.78, 5) is 0. The third-order valence-electron chi connectivity index (χ3n) is 0. The molecule has 0 aromatic carbocycles. The molecule has 0 atom stereocenters. The molecule has 0 aliphatic rings. The average molecular weight is 732 g/mol. The van der Waals surface area contributed by atoms with E-state index in [4.69, 9.17) is 151 Å². The summed E-state index contributed by atoms with van der Waals surface area (Å²) in [6.07, 6.45) is 0. The maximum absolute atomic E-state index is 8.42. The minimum absolute atomic E-state index is 0. The molecule has 0 aliphatic carbocycles. The Morgan fingerprint density at radius 3 is 0.146 bits per heavy atom. The van der Waals surface area contributed by atoms with Crippen molar-refractivity contribution in [2.24, 2.45) is 0 Å². The first-order chi connectivity index (χ1) is 17.3. The fourth-order valence-corrected chi connectivity index (χ4v) is 0.